The Morgan fingerprint density at radius 1 is 1.52 bits per heavy atom. The smallest absolute Gasteiger partial charge is 0.405 e. The van der Waals surface area contributed by atoms with Crippen LogP contribution in [0.25, 0.3) is 0 Å². The van der Waals surface area contributed by atoms with E-state index in [-0.39, 0.29) is 12.4 Å². The van der Waals surface area contributed by atoms with Crippen molar-refractivity contribution in [1.29, 1.82) is 0 Å². The Hall–Kier alpha value is -2.42. The predicted molar refractivity (Wildman–Crippen MR) is 73.3 cm³/mol. The van der Waals surface area contributed by atoms with Crippen LogP contribution >= 0.6 is 0 Å². The molecular formula is C12H16N4O5. The van der Waals surface area contributed by atoms with Gasteiger partial charge >= 0.3 is 11.9 Å². The van der Waals surface area contributed by atoms with E-state index in [1.54, 1.807) is 17.0 Å². The third-order valence-corrected chi connectivity index (χ3v) is 3.68. The van der Waals surface area contributed by atoms with Gasteiger partial charge in [0.15, 0.2) is 0 Å². The van der Waals surface area contributed by atoms with Crippen LogP contribution in [0.5, 0.6) is 0 Å². The lowest BCUT2D eigenvalue weighted by Gasteiger charge is -2.41. The summed E-state index contributed by atoms with van der Waals surface area (Å²) in [6, 6.07) is 3.23. The topological polar surface area (TPSA) is 129 Å². The normalized spacial score (nSPS) is 17.3. The van der Waals surface area contributed by atoms with E-state index >= 15 is 0 Å². The number of carboxylic acid groups (broad SMARTS) is 1. The van der Waals surface area contributed by atoms with Crippen molar-refractivity contribution in [2.75, 3.05) is 24.6 Å². The molecule has 2 heterocycles. The van der Waals surface area contributed by atoms with Crippen LogP contribution in [0.2, 0.25) is 0 Å². The second kappa shape index (κ2) is 5.92. The Labute approximate surface area is 120 Å². The van der Waals surface area contributed by atoms with Gasteiger partial charge in [-0.25, -0.2) is 4.79 Å². The highest BCUT2D eigenvalue weighted by molar-refractivity contribution is 5.66. The Morgan fingerprint density at radius 2 is 2.19 bits per heavy atom. The number of nitrogens with one attached hydrogen (secondary N) is 1. The first kappa shape index (κ1) is 15.0. The minimum atomic E-state index is -1.19. The predicted octanol–water partition coefficient (Wildman–Crippen LogP) is 0.589. The molecule has 9 heteroatoms. The number of hydrogen-bond acceptors (Lipinski definition) is 6. The number of nitrogens with zero attached hydrogens (tertiary/aromatic N) is 3. The maximum atomic E-state index is 11.0. The third-order valence-electron chi connectivity index (χ3n) is 3.68. The fourth-order valence-electron chi connectivity index (χ4n) is 2.50. The summed E-state index contributed by atoms with van der Waals surface area (Å²) in [5.41, 5.74) is -0.483. The molecule has 0 aromatic carbocycles. The number of hydrogen-bond donors (Lipinski definition) is 3. The van der Waals surface area contributed by atoms with Gasteiger partial charge in [0.1, 0.15) is 11.9 Å². The molecule has 21 heavy (non-hydrogen) atoms. The lowest BCUT2D eigenvalue weighted by atomic mass is 9.88. The summed E-state index contributed by atoms with van der Waals surface area (Å²) in [5.74, 6) is -0.222. The number of piperidine rings is 1. The summed E-state index contributed by atoms with van der Waals surface area (Å²) >= 11 is 0. The van der Waals surface area contributed by atoms with E-state index in [0.717, 1.165) is 0 Å². The number of carbonyl (C=O) groups is 1. The lowest BCUT2D eigenvalue weighted by molar-refractivity contribution is -0.388. The minimum Gasteiger partial charge on any atom is -0.465 e. The summed E-state index contributed by atoms with van der Waals surface area (Å²) in [6.07, 6.45) is 0.893. The van der Waals surface area contributed by atoms with Crippen molar-refractivity contribution in [3.63, 3.8) is 0 Å². The van der Waals surface area contributed by atoms with Crippen LogP contribution in [0.4, 0.5) is 16.3 Å². The molecule has 3 N–H and O–H groups in total. The summed E-state index contributed by atoms with van der Waals surface area (Å²) in [4.78, 5) is 26.8. The first-order valence-corrected chi connectivity index (χ1v) is 6.44. The summed E-state index contributed by atoms with van der Waals surface area (Å²) < 4.78 is 0. The molecule has 0 atom stereocenters. The number of aliphatic hydroxyl groups is 1. The van der Waals surface area contributed by atoms with E-state index in [0.29, 0.717) is 31.6 Å². The molecule has 0 radical (unpaired) electrons. The number of amides is 1. The molecule has 0 bridgehead atoms. The van der Waals surface area contributed by atoms with Gasteiger partial charge in [0, 0.05) is 13.1 Å². The quantitative estimate of drug-likeness (QED) is 0.547. The van der Waals surface area contributed by atoms with Crippen molar-refractivity contribution in [2.45, 2.75) is 18.4 Å². The van der Waals surface area contributed by atoms with E-state index in [4.69, 9.17) is 5.11 Å². The highest BCUT2D eigenvalue weighted by Gasteiger charge is 2.37. The largest absolute Gasteiger partial charge is 0.465 e. The van der Waals surface area contributed by atoms with Crippen molar-refractivity contribution < 1.29 is 19.9 Å². The summed E-state index contributed by atoms with van der Waals surface area (Å²) in [5, 5.41) is 31.6. The number of aliphatic hydroxyl groups excluding tert-OH is 1. The van der Waals surface area contributed by atoms with Crippen LogP contribution < -0.4 is 10.2 Å². The summed E-state index contributed by atoms with van der Waals surface area (Å²) in [6.45, 7) is 0.489. The molecule has 1 saturated heterocycles. The molecule has 1 aromatic heterocycles. The van der Waals surface area contributed by atoms with Gasteiger partial charge in [-0.2, -0.15) is 0 Å². The highest BCUT2D eigenvalue weighted by Crippen LogP contribution is 2.30. The molecule has 0 aliphatic carbocycles. The monoisotopic (exact) mass is 296 g/mol. The van der Waals surface area contributed by atoms with Crippen LogP contribution in [-0.2, 0) is 0 Å². The third kappa shape index (κ3) is 3.19. The van der Waals surface area contributed by atoms with E-state index < -0.39 is 16.6 Å². The SMILES string of the molecule is O=C(O)NC1(CO)CCN(c2cccnc2[N+](=O)[O-])CC1. The van der Waals surface area contributed by atoms with Gasteiger partial charge in [0.2, 0.25) is 0 Å². The van der Waals surface area contributed by atoms with E-state index in [1.165, 1.54) is 6.20 Å². The Morgan fingerprint density at radius 3 is 2.71 bits per heavy atom. The van der Waals surface area contributed by atoms with Gasteiger partial charge in [-0.1, -0.05) is 0 Å². The average molecular weight is 296 g/mol. The van der Waals surface area contributed by atoms with Crippen LogP contribution in [0.1, 0.15) is 12.8 Å². The van der Waals surface area contributed by atoms with E-state index in [9.17, 15) is 20.0 Å². The standard InChI is InChI=1S/C12H16N4O5/c17-8-12(14-11(18)19)3-6-15(7-4-12)9-2-1-5-13-10(9)16(20)21/h1-2,5,14,17H,3-4,6-8H2,(H,18,19). The Balaban J connectivity index is 2.14. The fourth-order valence-corrected chi connectivity index (χ4v) is 2.50. The Bertz CT molecular complexity index is 542. The molecule has 1 aromatic rings. The maximum absolute atomic E-state index is 11.0. The van der Waals surface area contributed by atoms with Crippen molar-refractivity contribution in [3.05, 3.63) is 28.4 Å². The molecule has 1 amide bonds. The molecule has 0 saturated carbocycles. The van der Waals surface area contributed by atoms with Gasteiger partial charge in [-0.15, -0.1) is 0 Å². The molecule has 1 fully saturated rings. The number of nitro groups is 1. The average Bonchev–Trinajstić information content (AvgIpc) is 2.47. The fraction of sp³-hybridized carbons (Fsp3) is 0.500. The zero-order valence-electron chi connectivity index (χ0n) is 11.2. The molecule has 114 valence electrons. The lowest BCUT2D eigenvalue weighted by Crippen LogP contribution is -2.57. The molecule has 9 nitrogen and oxygen atoms in total. The van der Waals surface area contributed by atoms with Crippen molar-refractivity contribution in [1.82, 2.24) is 10.3 Å². The number of rotatable bonds is 4. The first-order valence-electron chi connectivity index (χ1n) is 6.44. The molecule has 1 aliphatic heterocycles. The highest BCUT2D eigenvalue weighted by atomic mass is 16.6. The van der Waals surface area contributed by atoms with Crippen molar-refractivity contribution >= 4 is 17.6 Å². The second-order valence-corrected chi connectivity index (χ2v) is 4.96. The number of aromatic nitrogens is 1. The second-order valence-electron chi connectivity index (χ2n) is 4.96. The van der Waals surface area contributed by atoms with Crippen molar-refractivity contribution in [2.24, 2.45) is 0 Å². The molecule has 0 unspecified atom stereocenters. The van der Waals surface area contributed by atoms with Gasteiger partial charge in [0.25, 0.3) is 0 Å². The van der Waals surface area contributed by atoms with Crippen LogP contribution in [0.3, 0.4) is 0 Å². The van der Waals surface area contributed by atoms with E-state index in [1.807, 2.05) is 0 Å². The van der Waals surface area contributed by atoms with Crippen molar-refractivity contribution in [3.8, 4) is 0 Å². The van der Waals surface area contributed by atoms with Gasteiger partial charge in [-0.05, 0) is 34.9 Å². The molecule has 0 spiro atoms. The number of pyridine rings is 1. The van der Waals surface area contributed by atoms with Crippen LogP contribution in [-0.4, -0.2) is 51.4 Å². The summed E-state index contributed by atoms with van der Waals surface area (Å²) in [7, 11) is 0. The van der Waals surface area contributed by atoms with Gasteiger partial charge in [0.05, 0.1) is 12.1 Å². The molecular weight excluding hydrogens is 280 g/mol. The molecule has 1 aliphatic rings. The number of anilines is 1. The zero-order chi connectivity index (χ0) is 15.5. The Kier molecular flexibility index (Phi) is 4.22. The zero-order valence-corrected chi connectivity index (χ0v) is 11.2. The van der Waals surface area contributed by atoms with Gasteiger partial charge in [-0.3, -0.25) is 0 Å². The first-order chi connectivity index (χ1) is 9.97. The van der Waals surface area contributed by atoms with Crippen LogP contribution in [0, 0.1) is 10.1 Å². The van der Waals surface area contributed by atoms with Gasteiger partial charge < -0.3 is 30.5 Å². The molecule has 2 rings (SSSR count). The maximum Gasteiger partial charge on any atom is 0.405 e. The van der Waals surface area contributed by atoms with Crippen LogP contribution in [0.15, 0.2) is 18.3 Å². The minimum absolute atomic E-state index is 0.222. The van der Waals surface area contributed by atoms with E-state index in [2.05, 4.69) is 10.3 Å².